The number of rotatable bonds is 5. The molecule has 3 rings (SSSR count). The lowest BCUT2D eigenvalue weighted by atomic mass is 10.2. The van der Waals surface area contributed by atoms with E-state index in [1.807, 2.05) is 0 Å². The van der Waals surface area contributed by atoms with Gasteiger partial charge in [0.05, 0.1) is 0 Å². The zero-order valence-electron chi connectivity index (χ0n) is 12.4. The summed E-state index contributed by atoms with van der Waals surface area (Å²) in [5.41, 5.74) is 0.835. The fraction of sp³-hybridized carbons (Fsp3) is 0.188. The third-order valence-corrected chi connectivity index (χ3v) is 5.19. The summed E-state index contributed by atoms with van der Waals surface area (Å²) in [4.78, 5) is 11.2. The topological polar surface area (TPSA) is 75.3 Å². The summed E-state index contributed by atoms with van der Waals surface area (Å²) in [7, 11) is -4.07. The number of carbonyl (C=O) groups excluding carboxylic acids is 1. The summed E-state index contributed by atoms with van der Waals surface area (Å²) in [5.74, 6) is -0.883. The minimum absolute atomic E-state index is 0.0356. The van der Waals surface area contributed by atoms with Gasteiger partial charge in [0.2, 0.25) is 5.91 Å². The predicted octanol–water partition coefficient (Wildman–Crippen LogP) is 3.63. The zero-order chi connectivity index (χ0) is 17.3. The van der Waals surface area contributed by atoms with Gasteiger partial charge in [0.25, 0.3) is 10.0 Å². The van der Waals surface area contributed by atoms with E-state index in [4.69, 9.17) is 11.6 Å². The summed E-state index contributed by atoms with van der Waals surface area (Å²) in [6.07, 6.45) is 1.80. The van der Waals surface area contributed by atoms with Crippen molar-refractivity contribution in [1.29, 1.82) is 0 Å². The molecule has 126 valence electrons. The highest BCUT2D eigenvalue weighted by atomic mass is 35.5. The molecule has 1 fully saturated rings. The van der Waals surface area contributed by atoms with Crippen LogP contribution < -0.4 is 10.0 Å². The van der Waals surface area contributed by atoms with Gasteiger partial charge in [-0.05, 0) is 55.3 Å². The van der Waals surface area contributed by atoms with E-state index in [1.54, 1.807) is 12.1 Å². The van der Waals surface area contributed by atoms with Crippen LogP contribution in [-0.2, 0) is 14.8 Å². The lowest BCUT2D eigenvalue weighted by molar-refractivity contribution is -0.117. The molecule has 0 spiro atoms. The molecule has 1 amide bonds. The van der Waals surface area contributed by atoms with Crippen LogP contribution in [0.5, 0.6) is 0 Å². The third kappa shape index (κ3) is 3.85. The first kappa shape index (κ1) is 16.7. The van der Waals surface area contributed by atoms with Gasteiger partial charge in [-0.25, -0.2) is 12.8 Å². The number of anilines is 2. The SMILES string of the molecule is O=C(Nc1ccc(NS(=O)(=O)c2ccc(Cl)cc2F)cc1)C1CC1. The van der Waals surface area contributed by atoms with Gasteiger partial charge >= 0.3 is 0 Å². The summed E-state index contributed by atoms with van der Waals surface area (Å²) < 4.78 is 40.5. The molecule has 24 heavy (non-hydrogen) atoms. The van der Waals surface area contributed by atoms with Crippen LogP contribution in [0.25, 0.3) is 0 Å². The second-order valence-electron chi connectivity index (χ2n) is 5.52. The number of nitrogens with one attached hydrogen (secondary N) is 2. The van der Waals surface area contributed by atoms with Crippen molar-refractivity contribution in [2.75, 3.05) is 10.0 Å². The van der Waals surface area contributed by atoms with E-state index in [1.165, 1.54) is 18.2 Å². The summed E-state index contributed by atoms with van der Waals surface area (Å²) in [6, 6.07) is 9.49. The Morgan fingerprint density at radius 2 is 1.71 bits per heavy atom. The first-order chi connectivity index (χ1) is 11.3. The lowest BCUT2D eigenvalue weighted by Gasteiger charge is -2.10. The molecule has 2 aromatic carbocycles. The summed E-state index contributed by atoms with van der Waals surface area (Å²) >= 11 is 5.62. The van der Waals surface area contributed by atoms with Crippen molar-refractivity contribution in [3.8, 4) is 0 Å². The molecular weight excluding hydrogens is 355 g/mol. The molecule has 1 saturated carbocycles. The van der Waals surface area contributed by atoms with Crippen LogP contribution in [0.15, 0.2) is 47.4 Å². The molecule has 0 aliphatic heterocycles. The Hall–Kier alpha value is -2.12. The molecule has 5 nitrogen and oxygen atoms in total. The average molecular weight is 369 g/mol. The molecule has 1 aliphatic carbocycles. The Morgan fingerprint density at radius 1 is 1.08 bits per heavy atom. The van der Waals surface area contributed by atoms with Crippen LogP contribution in [0.4, 0.5) is 15.8 Å². The van der Waals surface area contributed by atoms with Gasteiger partial charge < -0.3 is 5.32 Å². The number of carbonyl (C=O) groups is 1. The molecule has 0 unspecified atom stereocenters. The fourth-order valence-corrected chi connectivity index (χ4v) is 3.39. The number of benzene rings is 2. The Bertz CT molecular complexity index is 881. The Balaban J connectivity index is 1.73. The van der Waals surface area contributed by atoms with E-state index in [-0.39, 0.29) is 22.5 Å². The van der Waals surface area contributed by atoms with E-state index in [9.17, 15) is 17.6 Å². The van der Waals surface area contributed by atoms with Gasteiger partial charge in [-0.15, -0.1) is 0 Å². The minimum Gasteiger partial charge on any atom is -0.326 e. The van der Waals surface area contributed by atoms with Crippen molar-refractivity contribution >= 4 is 38.9 Å². The monoisotopic (exact) mass is 368 g/mol. The molecule has 1 aliphatic rings. The van der Waals surface area contributed by atoms with Gasteiger partial charge in [0, 0.05) is 22.3 Å². The standard InChI is InChI=1S/C16H14ClFN2O3S/c17-11-3-8-15(14(18)9-11)24(22,23)20-13-6-4-12(5-7-13)19-16(21)10-1-2-10/h3-10,20H,1-2H2,(H,19,21). The second-order valence-corrected chi connectivity index (χ2v) is 7.61. The average Bonchev–Trinajstić information content (AvgIpc) is 3.33. The smallest absolute Gasteiger partial charge is 0.264 e. The molecule has 8 heteroatoms. The zero-order valence-corrected chi connectivity index (χ0v) is 14.0. The Labute approximate surface area is 143 Å². The van der Waals surface area contributed by atoms with Crippen molar-refractivity contribution in [2.45, 2.75) is 17.7 Å². The van der Waals surface area contributed by atoms with Crippen molar-refractivity contribution in [1.82, 2.24) is 0 Å². The van der Waals surface area contributed by atoms with E-state index in [0.29, 0.717) is 5.69 Å². The Morgan fingerprint density at radius 3 is 2.29 bits per heavy atom. The van der Waals surface area contributed by atoms with Crippen LogP contribution in [0, 0.1) is 11.7 Å². The molecule has 0 atom stereocenters. The number of amides is 1. The first-order valence-corrected chi connectivity index (χ1v) is 9.10. The number of hydrogen-bond acceptors (Lipinski definition) is 3. The second kappa shape index (κ2) is 6.41. The van der Waals surface area contributed by atoms with Crippen molar-refractivity contribution in [3.63, 3.8) is 0 Å². The van der Waals surface area contributed by atoms with Crippen LogP contribution in [0.2, 0.25) is 5.02 Å². The number of hydrogen-bond donors (Lipinski definition) is 2. The van der Waals surface area contributed by atoms with E-state index >= 15 is 0 Å². The molecule has 0 saturated heterocycles. The number of halogens is 2. The van der Waals surface area contributed by atoms with Gasteiger partial charge in [0.15, 0.2) is 0 Å². The maximum absolute atomic E-state index is 13.8. The molecule has 2 aromatic rings. The molecule has 2 N–H and O–H groups in total. The van der Waals surface area contributed by atoms with Gasteiger partial charge in [-0.2, -0.15) is 0 Å². The highest BCUT2D eigenvalue weighted by Gasteiger charge is 2.29. The molecule has 0 heterocycles. The maximum Gasteiger partial charge on any atom is 0.264 e. The largest absolute Gasteiger partial charge is 0.326 e. The van der Waals surface area contributed by atoms with Crippen LogP contribution in [-0.4, -0.2) is 14.3 Å². The van der Waals surface area contributed by atoms with Gasteiger partial charge in [-0.1, -0.05) is 11.6 Å². The molecule has 0 bridgehead atoms. The van der Waals surface area contributed by atoms with Crippen LogP contribution >= 0.6 is 11.6 Å². The maximum atomic E-state index is 13.8. The molecular formula is C16H14ClFN2O3S. The first-order valence-electron chi connectivity index (χ1n) is 7.24. The van der Waals surface area contributed by atoms with Crippen LogP contribution in [0.3, 0.4) is 0 Å². The molecule has 0 aromatic heterocycles. The lowest BCUT2D eigenvalue weighted by Crippen LogP contribution is -2.15. The number of sulfonamides is 1. The van der Waals surface area contributed by atoms with E-state index in [0.717, 1.165) is 25.0 Å². The van der Waals surface area contributed by atoms with Crippen molar-refractivity contribution in [2.24, 2.45) is 5.92 Å². The van der Waals surface area contributed by atoms with Crippen LogP contribution in [0.1, 0.15) is 12.8 Å². The van der Waals surface area contributed by atoms with Crippen molar-refractivity contribution < 1.29 is 17.6 Å². The quantitative estimate of drug-likeness (QED) is 0.846. The third-order valence-electron chi connectivity index (χ3n) is 3.54. The molecule has 0 radical (unpaired) electrons. The summed E-state index contributed by atoms with van der Waals surface area (Å²) in [6.45, 7) is 0. The normalized spacial score (nSPS) is 14.2. The van der Waals surface area contributed by atoms with Gasteiger partial charge in [-0.3, -0.25) is 9.52 Å². The highest BCUT2D eigenvalue weighted by Crippen LogP contribution is 2.30. The van der Waals surface area contributed by atoms with Gasteiger partial charge in [0.1, 0.15) is 10.7 Å². The minimum atomic E-state index is -4.07. The Kier molecular flexibility index (Phi) is 4.47. The highest BCUT2D eigenvalue weighted by molar-refractivity contribution is 7.92. The fourth-order valence-electron chi connectivity index (χ4n) is 2.11. The van der Waals surface area contributed by atoms with Crippen molar-refractivity contribution in [3.05, 3.63) is 53.3 Å². The van der Waals surface area contributed by atoms with E-state index in [2.05, 4.69) is 10.0 Å². The van der Waals surface area contributed by atoms with E-state index < -0.39 is 20.7 Å². The summed E-state index contributed by atoms with van der Waals surface area (Å²) in [5, 5.41) is 2.86. The predicted molar refractivity (Wildman–Crippen MR) is 90.0 cm³/mol.